The van der Waals surface area contributed by atoms with E-state index in [1.54, 1.807) is 7.11 Å². The van der Waals surface area contributed by atoms with Crippen LogP contribution in [0.2, 0.25) is 0 Å². The van der Waals surface area contributed by atoms with Crippen molar-refractivity contribution in [2.45, 2.75) is 87.2 Å². The van der Waals surface area contributed by atoms with Crippen LogP contribution in [0.15, 0.2) is 0 Å². The molecule has 0 aliphatic rings. The van der Waals surface area contributed by atoms with Gasteiger partial charge in [0, 0.05) is 7.11 Å². The molecule has 0 aliphatic heterocycles. The third-order valence-corrected chi connectivity index (χ3v) is 5.10. The van der Waals surface area contributed by atoms with Gasteiger partial charge in [-0.25, -0.2) is 0 Å². The second-order valence-electron chi connectivity index (χ2n) is 9.08. The molecule has 0 aliphatic carbocycles. The lowest BCUT2D eigenvalue weighted by Crippen LogP contribution is -2.41. The van der Waals surface area contributed by atoms with Crippen molar-refractivity contribution in [2.75, 3.05) is 20.3 Å². The summed E-state index contributed by atoms with van der Waals surface area (Å²) in [4.78, 5) is 25.5. The Bertz CT molecular complexity index is 454. The minimum Gasteiger partial charge on any atom is -0.466 e. The lowest BCUT2D eigenvalue weighted by Gasteiger charge is -2.37. The molecule has 0 heterocycles. The topological polar surface area (TPSA) is 61.8 Å². The smallest absolute Gasteiger partial charge is 0.311 e. The van der Waals surface area contributed by atoms with Gasteiger partial charge >= 0.3 is 11.9 Å². The number of hydrogen-bond acceptors (Lipinski definition) is 5. The number of carbonyl (C=O) groups is 2. The molecule has 5 nitrogen and oxygen atoms in total. The molecule has 0 bridgehead atoms. The highest BCUT2D eigenvalue weighted by atomic mass is 16.6. The lowest BCUT2D eigenvalue weighted by molar-refractivity contribution is -0.166. The minimum atomic E-state index is -0.743. The van der Waals surface area contributed by atoms with Crippen molar-refractivity contribution >= 4 is 11.9 Å². The van der Waals surface area contributed by atoms with Crippen molar-refractivity contribution in [3.63, 3.8) is 0 Å². The van der Waals surface area contributed by atoms with Gasteiger partial charge in [-0.2, -0.15) is 0 Å². The zero-order valence-corrected chi connectivity index (χ0v) is 18.4. The van der Waals surface area contributed by atoms with Crippen LogP contribution >= 0.6 is 0 Å². The van der Waals surface area contributed by atoms with Crippen LogP contribution in [0.25, 0.3) is 0 Å². The van der Waals surface area contributed by atoms with Crippen LogP contribution in [0.4, 0.5) is 0 Å². The molecule has 154 valence electrons. The van der Waals surface area contributed by atoms with E-state index in [9.17, 15) is 9.59 Å². The molecule has 0 aromatic carbocycles. The van der Waals surface area contributed by atoms with E-state index >= 15 is 0 Å². The Hall–Kier alpha value is -1.10. The fourth-order valence-corrected chi connectivity index (χ4v) is 2.86. The molecule has 3 unspecified atom stereocenters. The zero-order chi connectivity index (χ0) is 20.6. The maximum atomic E-state index is 12.7. The predicted molar refractivity (Wildman–Crippen MR) is 104 cm³/mol. The summed E-state index contributed by atoms with van der Waals surface area (Å²) in [6, 6.07) is 0. The van der Waals surface area contributed by atoms with Crippen molar-refractivity contribution in [1.29, 1.82) is 0 Å². The Morgan fingerprint density at radius 2 is 1.42 bits per heavy atom. The van der Waals surface area contributed by atoms with Gasteiger partial charge in [0.25, 0.3) is 0 Å². The first kappa shape index (κ1) is 24.9. The highest BCUT2D eigenvalue weighted by molar-refractivity contribution is 5.80. The highest BCUT2D eigenvalue weighted by Crippen LogP contribution is 2.43. The van der Waals surface area contributed by atoms with Gasteiger partial charge in [0.15, 0.2) is 0 Å². The minimum absolute atomic E-state index is 0.102. The highest BCUT2D eigenvalue weighted by Gasteiger charge is 2.45. The van der Waals surface area contributed by atoms with Crippen LogP contribution in [-0.4, -0.2) is 38.4 Å². The van der Waals surface area contributed by atoms with E-state index in [0.717, 1.165) is 6.42 Å². The molecule has 5 heteroatoms. The first-order valence-electron chi connectivity index (χ1n) is 9.71. The van der Waals surface area contributed by atoms with Crippen molar-refractivity contribution in [3.05, 3.63) is 0 Å². The van der Waals surface area contributed by atoms with Crippen LogP contribution in [0.3, 0.4) is 0 Å². The standard InChI is InChI=1S/C21H40O5/c1-10-20(7,17(22)26-14-16(3)24-9)15-21(8,18(23)25-11-2)13-12-19(4,5)6/h16H,10-15H2,1-9H3. The van der Waals surface area contributed by atoms with E-state index in [-0.39, 0.29) is 30.1 Å². The largest absolute Gasteiger partial charge is 0.466 e. The van der Waals surface area contributed by atoms with Gasteiger partial charge in [-0.3, -0.25) is 9.59 Å². The Morgan fingerprint density at radius 1 is 0.885 bits per heavy atom. The number of rotatable bonds is 11. The van der Waals surface area contributed by atoms with Crippen molar-refractivity contribution < 1.29 is 23.8 Å². The van der Waals surface area contributed by atoms with E-state index in [4.69, 9.17) is 14.2 Å². The Balaban J connectivity index is 5.39. The van der Waals surface area contributed by atoms with Crippen LogP contribution in [-0.2, 0) is 23.8 Å². The maximum absolute atomic E-state index is 12.7. The fraction of sp³-hybridized carbons (Fsp3) is 0.905. The molecule has 0 fully saturated rings. The zero-order valence-electron chi connectivity index (χ0n) is 18.4. The van der Waals surface area contributed by atoms with E-state index in [0.29, 0.717) is 25.9 Å². The average Bonchev–Trinajstić information content (AvgIpc) is 2.56. The van der Waals surface area contributed by atoms with Gasteiger partial charge < -0.3 is 14.2 Å². The summed E-state index contributed by atoms with van der Waals surface area (Å²) in [5, 5.41) is 0. The van der Waals surface area contributed by atoms with Crippen LogP contribution in [0.1, 0.15) is 81.1 Å². The molecule has 3 atom stereocenters. The van der Waals surface area contributed by atoms with Gasteiger partial charge in [0.1, 0.15) is 6.61 Å². The summed E-state index contributed by atoms with van der Waals surface area (Å²) in [7, 11) is 1.59. The van der Waals surface area contributed by atoms with Crippen molar-refractivity contribution in [1.82, 2.24) is 0 Å². The summed E-state index contributed by atoms with van der Waals surface area (Å²) in [5.41, 5.74) is -1.36. The summed E-state index contributed by atoms with van der Waals surface area (Å²) in [6.07, 6.45) is 2.39. The van der Waals surface area contributed by atoms with E-state index < -0.39 is 10.8 Å². The number of hydrogen-bond donors (Lipinski definition) is 0. The second-order valence-corrected chi connectivity index (χ2v) is 9.08. The monoisotopic (exact) mass is 372 g/mol. The van der Waals surface area contributed by atoms with Crippen LogP contribution < -0.4 is 0 Å². The first-order chi connectivity index (χ1) is 11.8. The number of esters is 2. The van der Waals surface area contributed by atoms with E-state index in [1.807, 2.05) is 34.6 Å². The van der Waals surface area contributed by atoms with Gasteiger partial charge in [-0.05, 0) is 58.8 Å². The molecule has 0 amide bonds. The second kappa shape index (κ2) is 10.3. The normalized spacial score (nSPS) is 17.7. The summed E-state index contributed by atoms with van der Waals surface area (Å²) in [5.74, 6) is -0.517. The first-order valence-corrected chi connectivity index (χ1v) is 9.71. The van der Waals surface area contributed by atoms with Crippen molar-refractivity contribution in [3.8, 4) is 0 Å². The SMILES string of the molecule is CCOC(=O)C(C)(CCC(C)(C)C)CC(C)(CC)C(=O)OCC(C)OC. The number of ether oxygens (including phenoxy) is 3. The summed E-state index contributed by atoms with van der Waals surface area (Å²) >= 11 is 0. The summed E-state index contributed by atoms with van der Waals surface area (Å²) in [6.45, 7) is 16.4. The predicted octanol–water partition coefficient (Wildman–Crippen LogP) is 4.77. The molecule has 0 aromatic heterocycles. The third kappa shape index (κ3) is 8.07. The average molecular weight is 373 g/mol. The van der Waals surface area contributed by atoms with Gasteiger partial charge in [0.2, 0.25) is 0 Å². The quantitative estimate of drug-likeness (QED) is 0.489. The molecule has 0 rings (SSSR count). The number of methoxy groups -OCH3 is 1. The fourth-order valence-electron chi connectivity index (χ4n) is 2.86. The molecule has 0 aromatic rings. The molecule has 0 radical (unpaired) electrons. The van der Waals surface area contributed by atoms with Crippen LogP contribution in [0.5, 0.6) is 0 Å². The summed E-state index contributed by atoms with van der Waals surface area (Å²) < 4.78 is 16.0. The van der Waals surface area contributed by atoms with E-state index in [1.165, 1.54) is 0 Å². The third-order valence-electron chi connectivity index (χ3n) is 5.10. The molecule has 0 saturated carbocycles. The molecule has 26 heavy (non-hydrogen) atoms. The van der Waals surface area contributed by atoms with Gasteiger partial charge in [-0.1, -0.05) is 27.7 Å². The molecule has 0 spiro atoms. The molecule has 0 N–H and O–H groups in total. The van der Waals surface area contributed by atoms with Crippen molar-refractivity contribution in [2.24, 2.45) is 16.2 Å². The Morgan fingerprint density at radius 3 is 1.85 bits per heavy atom. The molecule has 0 saturated heterocycles. The van der Waals surface area contributed by atoms with Crippen LogP contribution in [0, 0.1) is 16.2 Å². The maximum Gasteiger partial charge on any atom is 0.311 e. The molecular formula is C21H40O5. The van der Waals surface area contributed by atoms with Gasteiger partial charge in [0.05, 0.1) is 23.5 Å². The molecular weight excluding hydrogens is 332 g/mol. The lowest BCUT2D eigenvalue weighted by atomic mass is 9.68. The Kier molecular flexibility index (Phi) is 9.85. The Labute approximate surface area is 160 Å². The van der Waals surface area contributed by atoms with E-state index in [2.05, 4.69) is 20.8 Å². The van der Waals surface area contributed by atoms with Gasteiger partial charge in [-0.15, -0.1) is 0 Å². The number of carbonyl (C=O) groups excluding carboxylic acids is 2.